The number of rotatable bonds is 8. The largest absolute Gasteiger partial charge is 0.507 e. The third-order valence-electron chi connectivity index (χ3n) is 12.9. The van der Waals surface area contributed by atoms with Gasteiger partial charge in [0.05, 0.1) is 16.6 Å². The first kappa shape index (κ1) is 46.7. The van der Waals surface area contributed by atoms with E-state index in [0.29, 0.717) is 11.4 Å². The van der Waals surface area contributed by atoms with E-state index >= 15 is 0 Å². The molecule has 5 heteroatoms. The second-order valence-electron chi connectivity index (χ2n) is 21.2. The van der Waals surface area contributed by atoms with E-state index in [4.69, 9.17) is 9.97 Å². The number of para-hydroxylation sites is 1. The van der Waals surface area contributed by atoms with Crippen molar-refractivity contribution in [3.63, 3.8) is 0 Å². The van der Waals surface area contributed by atoms with Crippen LogP contribution < -0.4 is 0 Å². The molecule has 4 nitrogen and oxygen atoms in total. The SMILES string of the molecule is [2H]C(C)(C)c1cc(-n2c(-c3cc(C(C)(C)C)cc(C(C)(C)C)c3O)nc3c(-c4[c-]c(-c5cc(-c6ccccc6)ccn5)cc(-c5ccccc5)c4)cccc32)ccc1-c1ccccc1C(C)(C)C.[Pt]. The maximum absolute atomic E-state index is 12.6. The minimum Gasteiger partial charge on any atom is -0.507 e. The molecule has 0 radical (unpaired) electrons. The molecule has 9 aromatic rings. The maximum Gasteiger partial charge on any atom is 0.148 e. The van der Waals surface area contributed by atoms with Gasteiger partial charge in [0.25, 0.3) is 0 Å². The van der Waals surface area contributed by atoms with Crippen molar-refractivity contribution in [2.45, 2.75) is 98.3 Å². The first-order valence-corrected chi connectivity index (χ1v) is 23.5. The fourth-order valence-corrected chi connectivity index (χ4v) is 9.30. The molecule has 7 aromatic carbocycles. The number of imidazole rings is 1. The zero-order valence-corrected chi connectivity index (χ0v) is 43.5. The summed E-state index contributed by atoms with van der Waals surface area (Å²) in [5.41, 5.74) is 16.5. The quantitative estimate of drug-likeness (QED) is 0.154. The molecule has 0 aliphatic carbocycles. The molecule has 0 aliphatic heterocycles. The zero-order chi connectivity index (χ0) is 48.3. The fraction of sp³-hybridized carbons (Fsp3) is 0.238. The van der Waals surface area contributed by atoms with Crippen LogP contribution in [0.25, 0.3) is 83.9 Å². The topological polar surface area (TPSA) is 50.9 Å². The summed E-state index contributed by atoms with van der Waals surface area (Å²) in [6.45, 7) is 23.7. The van der Waals surface area contributed by atoms with Crippen LogP contribution in [-0.2, 0) is 37.3 Å². The van der Waals surface area contributed by atoms with Crippen LogP contribution in [0.3, 0.4) is 0 Å². The van der Waals surface area contributed by atoms with Crippen LogP contribution in [0.2, 0.25) is 0 Å². The van der Waals surface area contributed by atoms with Crippen LogP contribution in [0.15, 0.2) is 164 Å². The Balaban J connectivity index is 0.00000642. The van der Waals surface area contributed by atoms with Gasteiger partial charge in [0, 0.05) is 45.6 Å². The molecule has 0 fully saturated rings. The molecule has 1 N–H and O–H groups in total. The smallest absolute Gasteiger partial charge is 0.148 e. The number of hydrogen-bond acceptors (Lipinski definition) is 3. The minimum atomic E-state index is -0.958. The first-order valence-electron chi connectivity index (χ1n) is 24.0. The Labute approximate surface area is 419 Å². The summed E-state index contributed by atoms with van der Waals surface area (Å²) in [7, 11) is 0. The zero-order valence-electron chi connectivity index (χ0n) is 42.2. The first-order chi connectivity index (χ1) is 32.2. The summed E-state index contributed by atoms with van der Waals surface area (Å²) in [5.74, 6) is -0.125. The van der Waals surface area contributed by atoms with Crippen LogP contribution >= 0.6 is 0 Å². The molecular formula is C63H62N3OPt-. The number of aromatic nitrogens is 3. The van der Waals surface area contributed by atoms with Crippen molar-refractivity contribution in [3.05, 3.63) is 192 Å². The van der Waals surface area contributed by atoms with Gasteiger partial charge < -0.3 is 5.11 Å². The van der Waals surface area contributed by atoms with Crippen molar-refractivity contribution >= 4 is 11.0 Å². The van der Waals surface area contributed by atoms with Gasteiger partial charge in [0.2, 0.25) is 0 Å². The number of aromatic hydroxyl groups is 1. The molecule has 346 valence electrons. The Morgan fingerprint density at radius 1 is 0.544 bits per heavy atom. The van der Waals surface area contributed by atoms with Gasteiger partial charge in [-0.05, 0) is 97.0 Å². The maximum atomic E-state index is 12.6. The molecule has 0 saturated heterocycles. The molecule has 2 heterocycles. The number of fused-ring (bicyclic) bond motifs is 1. The van der Waals surface area contributed by atoms with Gasteiger partial charge in [0.1, 0.15) is 11.6 Å². The Hall–Kier alpha value is -6.35. The predicted molar refractivity (Wildman–Crippen MR) is 282 cm³/mol. The summed E-state index contributed by atoms with van der Waals surface area (Å²) < 4.78 is 11.8. The third-order valence-corrected chi connectivity index (χ3v) is 12.9. The molecule has 0 amide bonds. The molecule has 2 aromatic heterocycles. The standard InChI is InChI=1S/C63H62N3O.Pt/c1-40(2)52-39-48(29-30-50(52)51-25-18-19-27-54(51)62(6,7)8)66-57-28-20-26-49(58(57)65-60(66)53-37-47(61(3,4)5)38-55(59(53)67)63(9,10)11)45-33-44(42-23-16-13-17-24-42)34-46(35-45)56-36-43(31-32-64-56)41-21-14-12-15-22-41;/h12-34,36-40,67H,1-11H3;/q-1;/i40D;. The molecule has 0 bridgehead atoms. The van der Waals surface area contributed by atoms with E-state index in [1.54, 1.807) is 0 Å². The van der Waals surface area contributed by atoms with E-state index in [0.717, 1.165) is 89.2 Å². The van der Waals surface area contributed by atoms with Gasteiger partial charge in [-0.2, -0.15) is 0 Å². The average molecular weight is 1070 g/mol. The van der Waals surface area contributed by atoms with Gasteiger partial charge in [-0.3, -0.25) is 9.55 Å². The summed E-state index contributed by atoms with van der Waals surface area (Å²) in [4.78, 5) is 10.6. The molecule has 0 saturated carbocycles. The summed E-state index contributed by atoms with van der Waals surface area (Å²) in [5, 5.41) is 12.6. The van der Waals surface area contributed by atoms with Crippen LogP contribution in [-0.4, -0.2) is 19.6 Å². The second kappa shape index (κ2) is 18.6. The van der Waals surface area contributed by atoms with E-state index in [2.05, 4.69) is 212 Å². The van der Waals surface area contributed by atoms with Crippen LogP contribution in [0.1, 0.15) is 106 Å². The van der Waals surface area contributed by atoms with Gasteiger partial charge in [-0.15, -0.1) is 23.8 Å². The molecule has 0 unspecified atom stereocenters. The van der Waals surface area contributed by atoms with Gasteiger partial charge >= 0.3 is 0 Å². The van der Waals surface area contributed by atoms with Crippen LogP contribution in [0.5, 0.6) is 5.75 Å². The van der Waals surface area contributed by atoms with E-state index in [-0.39, 0.29) is 43.1 Å². The molecule has 0 aliphatic rings. The Kier molecular flexibility index (Phi) is 12.8. The fourth-order valence-electron chi connectivity index (χ4n) is 9.30. The molecule has 68 heavy (non-hydrogen) atoms. The average Bonchev–Trinajstić information content (AvgIpc) is 3.70. The Morgan fingerprint density at radius 3 is 1.81 bits per heavy atom. The number of hydrogen-bond donors (Lipinski definition) is 1. The Morgan fingerprint density at radius 2 is 1.16 bits per heavy atom. The number of pyridine rings is 1. The van der Waals surface area contributed by atoms with Crippen molar-refractivity contribution in [2.24, 2.45) is 0 Å². The number of nitrogens with zero attached hydrogens (tertiary/aromatic N) is 3. The van der Waals surface area contributed by atoms with E-state index < -0.39 is 5.89 Å². The number of phenolic OH excluding ortho intramolecular Hbond substituents is 1. The van der Waals surface area contributed by atoms with Gasteiger partial charge in [0.15, 0.2) is 0 Å². The van der Waals surface area contributed by atoms with Crippen molar-refractivity contribution in [1.29, 1.82) is 0 Å². The number of benzene rings is 7. The monoisotopic (exact) mass is 1070 g/mol. The van der Waals surface area contributed by atoms with Crippen LogP contribution in [0.4, 0.5) is 0 Å². The van der Waals surface area contributed by atoms with E-state index in [9.17, 15) is 6.48 Å². The van der Waals surface area contributed by atoms with Gasteiger partial charge in [-0.25, -0.2) is 4.98 Å². The van der Waals surface area contributed by atoms with E-state index in [1.807, 2.05) is 38.2 Å². The van der Waals surface area contributed by atoms with Crippen molar-refractivity contribution in [3.8, 4) is 78.6 Å². The van der Waals surface area contributed by atoms with Crippen molar-refractivity contribution in [1.82, 2.24) is 14.5 Å². The van der Waals surface area contributed by atoms with Crippen molar-refractivity contribution in [2.75, 3.05) is 0 Å². The molecule has 0 spiro atoms. The second-order valence-corrected chi connectivity index (χ2v) is 21.2. The molecule has 0 atom stereocenters. The summed E-state index contributed by atoms with van der Waals surface area (Å²) >= 11 is 0. The number of phenols is 1. The summed E-state index contributed by atoms with van der Waals surface area (Å²) in [6, 6.07) is 58.9. The predicted octanol–water partition coefficient (Wildman–Crippen LogP) is 16.9. The third kappa shape index (κ3) is 9.41. The minimum absolute atomic E-state index is 0. The normalized spacial score (nSPS) is 12.5. The Bertz CT molecular complexity index is 3330. The van der Waals surface area contributed by atoms with Crippen LogP contribution in [0, 0.1) is 6.07 Å². The molecule has 9 rings (SSSR count). The van der Waals surface area contributed by atoms with E-state index in [1.165, 1.54) is 5.56 Å². The van der Waals surface area contributed by atoms with Gasteiger partial charge in [-0.1, -0.05) is 208 Å². The van der Waals surface area contributed by atoms with Crippen molar-refractivity contribution < 1.29 is 27.5 Å². The summed E-state index contributed by atoms with van der Waals surface area (Å²) in [6.07, 6.45) is 1.87. The molecular weight excluding hydrogens is 1010 g/mol.